The topological polar surface area (TPSA) is 21.3 Å². The molecular formula is C20H25NO. The summed E-state index contributed by atoms with van der Waals surface area (Å²) in [6.45, 7) is 5.99. The van der Waals surface area contributed by atoms with Gasteiger partial charge in [0.15, 0.2) is 0 Å². The lowest BCUT2D eigenvalue weighted by molar-refractivity contribution is 0.0102. The first-order chi connectivity index (χ1) is 10.6. The van der Waals surface area contributed by atoms with Crippen molar-refractivity contribution in [3.05, 3.63) is 71.8 Å². The highest BCUT2D eigenvalue weighted by molar-refractivity contribution is 5.32. The zero-order chi connectivity index (χ0) is 15.4. The molecule has 2 nitrogen and oxygen atoms in total. The summed E-state index contributed by atoms with van der Waals surface area (Å²) >= 11 is 0. The Hall–Kier alpha value is -1.64. The Kier molecular flexibility index (Phi) is 4.60. The predicted molar refractivity (Wildman–Crippen MR) is 91.2 cm³/mol. The van der Waals surface area contributed by atoms with Crippen LogP contribution in [0.4, 0.5) is 0 Å². The lowest BCUT2D eigenvalue weighted by atomic mass is 9.85. The zero-order valence-electron chi connectivity index (χ0n) is 13.5. The number of benzene rings is 2. The molecule has 1 atom stereocenters. The van der Waals surface area contributed by atoms with Gasteiger partial charge in [-0.25, -0.2) is 0 Å². The molecule has 1 saturated heterocycles. The first kappa shape index (κ1) is 15.3. The lowest BCUT2D eigenvalue weighted by Gasteiger charge is -2.38. The Balaban J connectivity index is 1.83. The first-order valence-corrected chi connectivity index (χ1v) is 8.09. The van der Waals surface area contributed by atoms with Crippen LogP contribution in [-0.2, 0) is 4.74 Å². The third-order valence-electron chi connectivity index (χ3n) is 4.30. The molecule has 2 aromatic carbocycles. The fourth-order valence-electron chi connectivity index (χ4n) is 3.34. The van der Waals surface area contributed by atoms with Crippen LogP contribution in [0.2, 0.25) is 0 Å². The largest absolute Gasteiger partial charge is 0.378 e. The fourth-order valence-corrected chi connectivity index (χ4v) is 3.34. The van der Waals surface area contributed by atoms with E-state index in [4.69, 9.17) is 4.74 Å². The molecule has 0 radical (unpaired) electrons. The van der Waals surface area contributed by atoms with Crippen molar-refractivity contribution < 1.29 is 4.74 Å². The second kappa shape index (κ2) is 6.64. The normalized spacial score (nSPS) is 21.0. The fraction of sp³-hybridized carbons (Fsp3) is 0.400. The highest BCUT2D eigenvalue weighted by Crippen LogP contribution is 2.30. The van der Waals surface area contributed by atoms with Gasteiger partial charge in [0, 0.05) is 17.5 Å². The molecule has 2 aromatic rings. The summed E-state index contributed by atoms with van der Waals surface area (Å²) in [5.41, 5.74) is 2.80. The molecule has 116 valence electrons. The minimum Gasteiger partial charge on any atom is -0.378 e. The van der Waals surface area contributed by atoms with E-state index in [2.05, 4.69) is 79.8 Å². The van der Waals surface area contributed by atoms with Gasteiger partial charge in [0.05, 0.1) is 13.2 Å². The van der Waals surface area contributed by atoms with Crippen molar-refractivity contribution in [2.24, 2.45) is 0 Å². The molecule has 1 unspecified atom stereocenters. The second-order valence-corrected chi connectivity index (χ2v) is 6.85. The van der Waals surface area contributed by atoms with Crippen LogP contribution in [0, 0.1) is 0 Å². The summed E-state index contributed by atoms with van der Waals surface area (Å²) < 4.78 is 5.81. The summed E-state index contributed by atoms with van der Waals surface area (Å²) in [4.78, 5) is 0. The zero-order valence-corrected chi connectivity index (χ0v) is 13.5. The van der Waals surface area contributed by atoms with Gasteiger partial charge < -0.3 is 10.1 Å². The number of hydrogen-bond donors (Lipinski definition) is 1. The van der Waals surface area contributed by atoms with Gasteiger partial charge in [-0.3, -0.25) is 0 Å². The molecule has 1 heterocycles. The Morgan fingerprint density at radius 3 is 2.05 bits per heavy atom. The van der Waals surface area contributed by atoms with Crippen LogP contribution in [0.1, 0.15) is 37.3 Å². The smallest absolute Gasteiger partial charge is 0.0643 e. The quantitative estimate of drug-likeness (QED) is 0.921. The van der Waals surface area contributed by atoms with Crippen LogP contribution in [0.15, 0.2) is 60.7 Å². The minimum atomic E-state index is 0.0564. The van der Waals surface area contributed by atoms with Gasteiger partial charge in [0.2, 0.25) is 0 Å². The minimum absolute atomic E-state index is 0.0564. The van der Waals surface area contributed by atoms with Crippen molar-refractivity contribution in [1.29, 1.82) is 0 Å². The Morgan fingerprint density at radius 2 is 1.55 bits per heavy atom. The van der Waals surface area contributed by atoms with Crippen LogP contribution in [0.3, 0.4) is 0 Å². The van der Waals surface area contributed by atoms with Gasteiger partial charge in [-0.05, 0) is 31.4 Å². The molecule has 0 aromatic heterocycles. The molecular weight excluding hydrogens is 270 g/mol. The van der Waals surface area contributed by atoms with Crippen molar-refractivity contribution in [3.63, 3.8) is 0 Å². The van der Waals surface area contributed by atoms with Gasteiger partial charge in [0.1, 0.15) is 0 Å². The number of rotatable bonds is 4. The van der Waals surface area contributed by atoms with Gasteiger partial charge in [0.25, 0.3) is 0 Å². The Morgan fingerprint density at radius 1 is 1.00 bits per heavy atom. The molecule has 3 rings (SSSR count). The molecule has 0 spiro atoms. The average molecular weight is 295 g/mol. The molecule has 1 N–H and O–H groups in total. The van der Waals surface area contributed by atoms with Crippen LogP contribution in [-0.4, -0.2) is 24.8 Å². The van der Waals surface area contributed by atoms with Gasteiger partial charge in [-0.2, -0.15) is 0 Å². The molecule has 0 bridgehead atoms. The van der Waals surface area contributed by atoms with Gasteiger partial charge >= 0.3 is 0 Å². The van der Waals surface area contributed by atoms with E-state index in [0.29, 0.717) is 12.0 Å². The molecule has 22 heavy (non-hydrogen) atoms. The summed E-state index contributed by atoms with van der Waals surface area (Å²) in [6, 6.07) is 22.0. The Labute approximate surface area is 133 Å². The predicted octanol–water partition coefficient (Wildman–Crippen LogP) is 3.98. The molecule has 0 saturated carbocycles. The number of ether oxygens (including phenoxy) is 1. The maximum Gasteiger partial charge on any atom is 0.0643 e. The third kappa shape index (κ3) is 3.76. The Bertz CT molecular complexity index is 540. The van der Waals surface area contributed by atoms with E-state index in [1.165, 1.54) is 11.1 Å². The monoisotopic (exact) mass is 295 g/mol. The second-order valence-electron chi connectivity index (χ2n) is 6.85. The average Bonchev–Trinajstić information content (AvgIpc) is 2.53. The molecule has 0 amide bonds. The lowest BCUT2D eigenvalue weighted by Crippen LogP contribution is -2.55. The number of morpholine rings is 1. The maximum absolute atomic E-state index is 5.81. The SMILES string of the molecule is CC1(C)COCC(CC(c2ccccc2)c2ccccc2)N1. The van der Waals surface area contributed by atoms with E-state index in [1.54, 1.807) is 0 Å². The van der Waals surface area contributed by atoms with Crippen molar-refractivity contribution >= 4 is 0 Å². The highest BCUT2D eigenvalue weighted by atomic mass is 16.5. The van der Waals surface area contributed by atoms with Crippen LogP contribution in [0.25, 0.3) is 0 Å². The highest BCUT2D eigenvalue weighted by Gasteiger charge is 2.30. The van der Waals surface area contributed by atoms with Crippen molar-refractivity contribution in [2.75, 3.05) is 13.2 Å². The molecule has 1 aliphatic rings. The van der Waals surface area contributed by atoms with E-state index in [1.807, 2.05) is 0 Å². The summed E-state index contributed by atoms with van der Waals surface area (Å²) in [5, 5.41) is 3.74. The van der Waals surface area contributed by atoms with E-state index in [-0.39, 0.29) is 5.54 Å². The molecule has 0 aliphatic carbocycles. The van der Waals surface area contributed by atoms with Crippen LogP contribution in [0.5, 0.6) is 0 Å². The molecule has 2 heteroatoms. The van der Waals surface area contributed by atoms with Crippen molar-refractivity contribution in [3.8, 4) is 0 Å². The van der Waals surface area contributed by atoms with Gasteiger partial charge in [-0.15, -0.1) is 0 Å². The van der Waals surface area contributed by atoms with Crippen molar-refractivity contribution in [2.45, 2.75) is 37.8 Å². The number of nitrogens with one attached hydrogen (secondary N) is 1. The van der Waals surface area contributed by atoms with E-state index in [9.17, 15) is 0 Å². The van der Waals surface area contributed by atoms with Gasteiger partial charge in [-0.1, -0.05) is 60.7 Å². The standard InChI is InChI=1S/C20H25NO/c1-20(2)15-22-14-18(21-20)13-19(16-9-5-3-6-10-16)17-11-7-4-8-12-17/h3-12,18-19,21H,13-15H2,1-2H3. The summed E-state index contributed by atoms with van der Waals surface area (Å²) in [5.74, 6) is 0.400. The number of hydrogen-bond acceptors (Lipinski definition) is 2. The van der Waals surface area contributed by atoms with Crippen molar-refractivity contribution in [1.82, 2.24) is 5.32 Å². The maximum atomic E-state index is 5.81. The van der Waals surface area contributed by atoms with Crippen LogP contribution < -0.4 is 5.32 Å². The first-order valence-electron chi connectivity index (χ1n) is 8.09. The van der Waals surface area contributed by atoms with E-state index in [0.717, 1.165) is 19.6 Å². The molecule has 1 fully saturated rings. The van der Waals surface area contributed by atoms with Crippen LogP contribution >= 0.6 is 0 Å². The summed E-state index contributed by atoms with van der Waals surface area (Å²) in [6.07, 6.45) is 1.05. The summed E-state index contributed by atoms with van der Waals surface area (Å²) in [7, 11) is 0. The molecule has 1 aliphatic heterocycles. The van der Waals surface area contributed by atoms with E-state index >= 15 is 0 Å². The third-order valence-corrected chi connectivity index (χ3v) is 4.30. The van der Waals surface area contributed by atoms with E-state index < -0.39 is 0 Å².